The van der Waals surface area contributed by atoms with Crippen LogP contribution in [-0.2, 0) is 14.3 Å². The van der Waals surface area contributed by atoms with Crippen LogP contribution in [0.2, 0.25) is 0 Å². The highest BCUT2D eigenvalue weighted by Gasteiger charge is 2.12. The van der Waals surface area contributed by atoms with E-state index in [1.165, 1.54) is 0 Å². The third-order valence-corrected chi connectivity index (χ3v) is 2.37. The van der Waals surface area contributed by atoms with Gasteiger partial charge in [0.05, 0.1) is 24.8 Å². The molecule has 0 bridgehead atoms. The quantitative estimate of drug-likeness (QED) is 0.779. The van der Waals surface area contributed by atoms with Crippen molar-refractivity contribution in [2.45, 2.75) is 32.7 Å². The molecule has 0 aromatic carbocycles. The fourth-order valence-corrected chi connectivity index (χ4v) is 1.47. The van der Waals surface area contributed by atoms with Crippen molar-refractivity contribution in [3.63, 3.8) is 0 Å². The van der Waals surface area contributed by atoms with Crippen LogP contribution in [0.1, 0.15) is 38.4 Å². The minimum Gasteiger partial charge on any atom is -0.466 e. The lowest BCUT2D eigenvalue weighted by Gasteiger charge is -2.12. The number of carbonyl (C=O) groups excluding carboxylic acids is 2. The van der Waals surface area contributed by atoms with E-state index in [9.17, 15) is 9.59 Å². The lowest BCUT2D eigenvalue weighted by molar-refractivity contribution is -0.144. The molecule has 0 aliphatic heterocycles. The maximum atomic E-state index is 11.6. The van der Waals surface area contributed by atoms with Crippen LogP contribution in [0.3, 0.4) is 0 Å². The molecule has 5 nitrogen and oxygen atoms in total. The first kappa shape index (κ1) is 14.2. The molecule has 1 unspecified atom stereocenters. The van der Waals surface area contributed by atoms with Crippen molar-refractivity contribution in [2.75, 3.05) is 6.61 Å². The van der Waals surface area contributed by atoms with E-state index in [0.717, 1.165) is 5.69 Å². The Morgan fingerprint density at radius 2 is 2.17 bits per heavy atom. The predicted molar refractivity (Wildman–Crippen MR) is 66.7 cm³/mol. The number of rotatable bonds is 6. The van der Waals surface area contributed by atoms with E-state index >= 15 is 0 Å². The van der Waals surface area contributed by atoms with Crippen molar-refractivity contribution < 1.29 is 14.3 Å². The summed E-state index contributed by atoms with van der Waals surface area (Å²) in [5.74, 6) is -0.528. The second-order valence-corrected chi connectivity index (χ2v) is 3.85. The number of hydrogen-bond donors (Lipinski definition) is 1. The third kappa shape index (κ3) is 4.95. The minimum atomic E-state index is -0.349. The van der Waals surface area contributed by atoms with Crippen LogP contribution >= 0.6 is 0 Å². The molecule has 18 heavy (non-hydrogen) atoms. The minimum absolute atomic E-state index is 0.106. The van der Waals surface area contributed by atoms with Crippen LogP contribution in [0.5, 0.6) is 0 Å². The lowest BCUT2D eigenvalue weighted by atomic mass is 10.2. The monoisotopic (exact) mass is 250 g/mol. The van der Waals surface area contributed by atoms with Crippen molar-refractivity contribution in [3.8, 4) is 0 Å². The largest absolute Gasteiger partial charge is 0.466 e. The van der Waals surface area contributed by atoms with Gasteiger partial charge >= 0.3 is 5.97 Å². The van der Waals surface area contributed by atoms with Crippen LogP contribution in [0.4, 0.5) is 0 Å². The van der Waals surface area contributed by atoms with Gasteiger partial charge in [-0.15, -0.1) is 0 Å². The molecule has 0 radical (unpaired) electrons. The Bertz CT molecular complexity index is 392. The Kier molecular flexibility index (Phi) is 5.84. The van der Waals surface area contributed by atoms with Gasteiger partial charge in [-0.25, -0.2) is 0 Å². The normalized spacial score (nSPS) is 11.7. The van der Waals surface area contributed by atoms with Gasteiger partial charge in [-0.3, -0.25) is 14.6 Å². The van der Waals surface area contributed by atoms with Crippen molar-refractivity contribution in [3.05, 3.63) is 30.1 Å². The van der Waals surface area contributed by atoms with Crippen molar-refractivity contribution in [1.29, 1.82) is 0 Å². The molecule has 0 aliphatic carbocycles. The van der Waals surface area contributed by atoms with Gasteiger partial charge < -0.3 is 10.1 Å². The Morgan fingerprint density at radius 3 is 2.78 bits per heavy atom. The van der Waals surface area contributed by atoms with Crippen LogP contribution in [-0.4, -0.2) is 23.5 Å². The molecule has 1 heterocycles. The summed E-state index contributed by atoms with van der Waals surface area (Å²) >= 11 is 0. The summed E-state index contributed by atoms with van der Waals surface area (Å²) in [6, 6.07) is 5.36. The van der Waals surface area contributed by atoms with E-state index in [1.54, 1.807) is 13.1 Å². The van der Waals surface area contributed by atoms with Gasteiger partial charge in [-0.05, 0) is 26.0 Å². The summed E-state index contributed by atoms with van der Waals surface area (Å²) in [6.07, 6.45) is 1.92. The van der Waals surface area contributed by atoms with E-state index in [-0.39, 0.29) is 30.8 Å². The highest BCUT2D eigenvalue weighted by atomic mass is 16.5. The van der Waals surface area contributed by atoms with Crippen molar-refractivity contribution in [1.82, 2.24) is 10.3 Å². The lowest BCUT2D eigenvalue weighted by Crippen LogP contribution is -2.27. The van der Waals surface area contributed by atoms with Gasteiger partial charge in [0.1, 0.15) is 0 Å². The van der Waals surface area contributed by atoms with Gasteiger partial charge in [-0.2, -0.15) is 0 Å². The van der Waals surface area contributed by atoms with Crippen LogP contribution in [0.25, 0.3) is 0 Å². The third-order valence-electron chi connectivity index (χ3n) is 2.37. The molecule has 0 saturated carbocycles. The van der Waals surface area contributed by atoms with Crippen LogP contribution in [0.15, 0.2) is 24.4 Å². The van der Waals surface area contributed by atoms with Gasteiger partial charge in [0.15, 0.2) is 0 Å². The Labute approximate surface area is 107 Å². The average molecular weight is 250 g/mol. The molecule has 0 saturated heterocycles. The smallest absolute Gasteiger partial charge is 0.306 e. The van der Waals surface area contributed by atoms with Gasteiger partial charge in [0.2, 0.25) is 5.91 Å². The van der Waals surface area contributed by atoms with E-state index in [4.69, 9.17) is 4.74 Å². The number of aromatic nitrogens is 1. The molecule has 1 aromatic heterocycles. The Hall–Kier alpha value is -1.91. The van der Waals surface area contributed by atoms with E-state index in [1.807, 2.05) is 25.1 Å². The average Bonchev–Trinajstić information content (AvgIpc) is 2.38. The van der Waals surface area contributed by atoms with Crippen LogP contribution in [0, 0.1) is 0 Å². The predicted octanol–water partition coefficient (Wildman–Crippen LogP) is 1.60. The van der Waals surface area contributed by atoms with Crippen LogP contribution < -0.4 is 5.32 Å². The molecule has 0 spiro atoms. The second kappa shape index (κ2) is 7.42. The van der Waals surface area contributed by atoms with Gasteiger partial charge in [0, 0.05) is 12.6 Å². The number of nitrogens with one attached hydrogen (secondary N) is 1. The Balaban J connectivity index is 2.34. The number of esters is 1. The zero-order valence-corrected chi connectivity index (χ0v) is 10.7. The molecule has 0 aliphatic rings. The molecule has 5 heteroatoms. The highest BCUT2D eigenvalue weighted by Crippen LogP contribution is 2.08. The fourth-order valence-electron chi connectivity index (χ4n) is 1.47. The number of nitrogens with zero attached hydrogens (tertiary/aromatic N) is 1. The maximum Gasteiger partial charge on any atom is 0.306 e. The first-order valence-electron chi connectivity index (χ1n) is 5.99. The molecule has 1 N–H and O–H groups in total. The van der Waals surface area contributed by atoms with Gasteiger partial charge in [0.25, 0.3) is 0 Å². The first-order chi connectivity index (χ1) is 8.63. The molecule has 0 fully saturated rings. The zero-order valence-electron chi connectivity index (χ0n) is 10.7. The Morgan fingerprint density at radius 1 is 1.39 bits per heavy atom. The number of hydrogen-bond acceptors (Lipinski definition) is 4. The number of pyridine rings is 1. The molecular formula is C13H18N2O3. The fraction of sp³-hybridized carbons (Fsp3) is 0.462. The van der Waals surface area contributed by atoms with Crippen molar-refractivity contribution >= 4 is 11.9 Å². The number of carbonyl (C=O) groups is 2. The molecular weight excluding hydrogens is 232 g/mol. The topological polar surface area (TPSA) is 68.3 Å². The maximum absolute atomic E-state index is 11.6. The molecule has 1 amide bonds. The van der Waals surface area contributed by atoms with E-state index < -0.39 is 0 Å². The SMILES string of the molecule is CCOC(=O)CCC(=O)NC(C)c1ccccn1. The van der Waals surface area contributed by atoms with Gasteiger partial charge in [-0.1, -0.05) is 6.07 Å². The molecule has 1 rings (SSSR count). The molecule has 1 atom stereocenters. The highest BCUT2D eigenvalue weighted by molar-refractivity contribution is 5.81. The number of amides is 1. The summed E-state index contributed by atoms with van der Waals surface area (Å²) in [7, 11) is 0. The van der Waals surface area contributed by atoms with E-state index in [0.29, 0.717) is 6.61 Å². The second-order valence-electron chi connectivity index (χ2n) is 3.85. The summed E-state index contributed by atoms with van der Waals surface area (Å²) < 4.78 is 4.75. The first-order valence-corrected chi connectivity index (χ1v) is 5.99. The summed E-state index contributed by atoms with van der Waals surface area (Å²) in [5.41, 5.74) is 0.794. The summed E-state index contributed by atoms with van der Waals surface area (Å²) in [4.78, 5) is 26.8. The molecule has 1 aromatic rings. The van der Waals surface area contributed by atoms with Crippen molar-refractivity contribution in [2.24, 2.45) is 0 Å². The number of ether oxygens (including phenoxy) is 1. The zero-order chi connectivity index (χ0) is 13.4. The standard InChI is InChI=1S/C13H18N2O3/c1-3-18-13(17)8-7-12(16)15-10(2)11-6-4-5-9-14-11/h4-6,9-10H,3,7-8H2,1-2H3,(H,15,16). The van der Waals surface area contributed by atoms with E-state index in [2.05, 4.69) is 10.3 Å². The summed E-state index contributed by atoms with van der Waals surface area (Å²) in [6.45, 7) is 3.93. The molecule has 98 valence electrons. The summed E-state index contributed by atoms with van der Waals surface area (Å²) in [5, 5.41) is 2.78.